The zero-order valence-corrected chi connectivity index (χ0v) is 12.6. The van der Waals surface area contributed by atoms with E-state index in [4.69, 9.17) is 0 Å². The molecule has 1 aromatic heterocycles. The third-order valence-corrected chi connectivity index (χ3v) is 3.97. The lowest BCUT2D eigenvalue weighted by Gasteiger charge is -2.33. The van der Waals surface area contributed by atoms with Crippen molar-refractivity contribution in [1.82, 2.24) is 10.3 Å². The highest BCUT2D eigenvalue weighted by Crippen LogP contribution is 2.26. The van der Waals surface area contributed by atoms with Crippen LogP contribution in [0.1, 0.15) is 44.4 Å². The van der Waals surface area contributed by atoms with Gasteiger partial charge in [0.1, 0.15) is 0 Å². The van der Waals surface area contributed by atoms with E-state index in [0.29, 0.717) is 0 Å². The van der Waals surface area contributed by atoms with Gasteiger partial charge in [0.15, 0.2) is 0 Å². The number of hydrogen-bond acceptors (Lipinski definition) is 3. The van der Waals surface area contributed by atoms with Gasteiger partial charge >= 0.3 is 0 Å². The molecule has 1 aliphatic heterocycles. The Kier molecular flexibility index (Phi) is 5.20. The number of aromatic nitrogens is 1. The van der Waals surface area contributed by atoms with Crippen molar-refractivity contribution in [3.63, 3.8) is 0 Å². The van der Waals surface area contributed by atoms with Gasteiger partial charge in [-0.3, -0.25) is 4.98 Å². The maximum atomic E-state index is 4.46. The van der Waals surface area contributed by atoms with Crippen LogP contribution in [-0.2, 0) is 6.54 Å². The quantitative estimate of drug-likeness (QED) is 0.825. The van der Waals surface area contributed by atoms with E-state index in [9.17, 15) is 0 Å². The van der Waals surface area contributed by atoms with Gasteiger partial charge in [-0.15, -0.1) is 0 Å². The number of nitrogens with zero attached hydrogens (tertiary/aromatic N) is 2. The van der Waals surface area contributed by atoms with Crippen molar-refractivity contribution in [2.24, 2.45) is 5.92 Å². The first-order chi connectivity index (χ1) is 9.20. The molecule has 106 valence electrons. The smallest absolute Gasteiger partial charge is 0.0445 e. The van der Waals surface area contributed by atoms with Gasteiger partial charge in [-0.2, -0.15) is 0 Å². The van der Waals surface area contributed by atoms with Crippen LogP contribution in [0, 0.1) is 12.8 Å². The molecule has 2 rings (SSSR count). The first-order valence-corrected chi connectivity index (χ1v) is 7.62. The molecule has 0 aliphatic carbocycles. The summed E-state index contributed by atoms with van der Waals surface area (Å²) in [5, 5.41) is 3.49. The van der Waals surface area contributed by atoms with Gasteiger partial charge in [0, 0.05) is 42.8 Å². The van der Waals surface area contributed by atoms with Crippen LogP contribution in [0.4, 0.5) is 5.69 Å². The standard InChI is InChI=1S/C16H27N3/c1-4-7-17-11-15-12-18-14(3)10-16(15)19-8-5-13(2)6-9-19/h10,12-13,17H,4-9,11H2,1-3H3. The summed E-state index contributed by atoms with van der Waals surface area (Å²) in [4.78, 5) is 7.00. The number of pyridine rings is 1. The zero-order chi connectivity index (χ0) is 13.7. The van der Waals surface area contributed by atoms with Crippen molar-refractivity contribution >= 4 is 5.69 Å². The van der Waals surface area contributed by atoms with Gasteiger partial charge in [-0.05, 0) is 44.7 Å². The molecule has 3 heteroatoms. The second kappa shape index (κ2) is 6.90. The minimum Gasteiger partial charge on any atom is -0.371 e. The first-order valence-electron chi connectivity index (χ1n) is 7.62. The van der Waals surface area contributed by atoms with E-state index in [-0.39, 0.29) is 0 Å². The predicted molar refractivity (Wildman–Crippen MR) is 81.6 cm³/mol. The van der Waals surface area contributed by atoms with E-state index in [2.05, 4.69) is 42.0 Å². The molecule has 0 unspecified atom stereocenters. The molecule has 1 saturated heterocycles. The third kappa shape index (κ3) is 3.93. The Balaban J connectivity index is 2.10. The van der Waals surface area contributed by atoms with E-state index in [1.54, 1.807) is 0 Å². The lowest BCUT2D eigenvalue weighted by atomic mass is 9.98. The highest BCUT2D eigenvalue weighted by molar-refractivity contribution is 5.54. The van der Waals surface area contributed by atoms with Gasteiger partial charge in [-0.1, -0.05) is 13.8 Å². The van der Waals surface area contributed by atoms with Crippen LogP contribution >= 0.6 is 0 Å². The Labute approximate surface area is 117 Å². The topological polar surface area (TPSA) is 28.2 Å². The van der Waals surface area contributed by atoms with Crippen LogP contribution in [0.25, 0.3) is 0 Å². The fourth-order valence-electron chi connectivity index (χ4n) is 2.65. The summed E-state index contributed by atoms with van der Waals surface area (Å²) in [6.07, 6.45) is 5.84. The van der Waals surface area contributed by atoms with Gasteiger partial charge < -0.3 is 10.2 Å². The fraction of sp³-hybridized carbons (Fsp3) is 0.688. The molecule has 0 amide bonds. The fourth-order valence-corrected chi connectivity index (χ4v) is 2.65. The molecular weight excluding hydrogens is 234 g/mol. The van der Waals surface area contributed by atoms with Crippen molar-refractivity contribution < 1.29 is 0 Å². The van der Waals surface area contributed by atoms with Crippen LogP contribution in [0.2, 0.25) is 0 Å². The number of anilines is 1. The van der Waals surface area contributed by atoms with Crippen molar-refractivity contribution in [2.45, 2.75) is 46.6 Å². The number of aryl methyl sites for hydroxylation is 1. The maximum Gasteiger partial charge on any atom is 0.0445 e. The molecule has 0 radical (unpaired) electrons. The molecule has 1 N–H and O–H groups in total. The molecule has 1 aromatic rings. The number of nitrogens with one attached hydrogen (secondary N) is 1. The van der Waals surface area contributed by atoms with E-state index in [0.717, 1.165) is 24.7 Å². The average Bonchev–Trinajstić information content (AvgIpc) is 2.41. The molecule has 1 fully saturated rings. The van der Waals surface area contributed by atoms with Crippen molar-refractivity contribution in [1.29, 1.82) is 0 Å². The second-order valence-corrected chi connectivity index (χ2v) is 5.80. The Morgan fingerprint density at radius 3 is 2.79 bits per heavy atom. The third-order valence-electron chi connectivity index (χ3n) is 3.97. The molecule has 0 bridgehead atoms. The lowest BCUT2D eigenvalue weighted by Crippen LogP contribution is -2.34. The highest BCUT2D eigenvalue weighted by atomic mass is 15.1. The molecule has 0 atom stereocenters. The van der Waals surface area contributed by atoms with Crippen LogP contribution in [-0.4, -0.2) is 24.6 Å². The molecule has 1 aliphatic rings. The average molecular weight is 261 g/mol. The summed E-state index contributed by atoms with van der Waals surface area (Å²) < 4.78 is 0. The maximum absolute atomic E-state index is 4.46. The zero-order valence-electron chi connectivity index (χ0n) is 12.6. The molecular formula is C16H27N3. The predicted octanol–water partition coefficient (Wildman–Crippen LogP) is 3.13. The monoisotopic (exact) mass is 261 g/mol. The Hall–Kier alpha value is -1.09. The Bertz CT molecular complexity index is 395. The number of hydrogen-bond donors (Lipinski definition) is 1. The Morgan fingerprint density at radius 2 is 2.11 bits per heavy atom. The summed E-state index contributed by atoms with van der Waals surface area (Å²) in [5.41, 5.74) is 3.85. The highest BCUT2D eigenvalue weighted by Gasteiger charge is 2.18. The van der Waals surface area contributed by atoms with Gasteiger partial charge in [-0.25, -0.2) is 0 Å². The van der Waals surface area contributed by atoms with Crippen LogP contribution in [0.5, 0.6) is 0 Å². The normalized spacial score (nSPS) is 16.9. The van der Waals surface area contributed by atoms with Crippen LogP contribution in [0.15, 0.2) is 12.3 Å². The van der Waals surface area contributed by atoms with Crippen molar-refractivity contribution in [2.75, 3.05) is 24.5 Å². The van der Waals surface area contributed by atoms with Crippen molar-refractivity contribution in [3.05, 3.63) is 23.5 Å². The van der Waals surface area contributed by atoms with E-state index >= 15 is 0 Å². The SMILES string of the molecule is CCCNCc1cnc(C)cc1N1CCC(C)CC1. The molecule has 19 heavy (non-hydrogen) atoms. The number of piperidine rings is 1. The molecule has 0 aromatic carbocycles. The van der Waals surface area contributed by atoms with Crippen LogP contribution < -0.4 is 10.2 Å². The Morgan fingerprint density at radius 1 is 1.37 bits per heavy atom. The van der Waals surface area contributed by atoms with Gasteiger partial charge in [0.25, 0.3) is 0 Å². The summed E-state index contributed by atoms with van der Waals surface area (Å²) in [6, 6.07) is 2.25. The van der Waals surface area contributed by atoms with E-state index in [1.165, 1.54) is 43.6 Å². The van der Waals surface area contributed by atoms with Gasteiger partial charge in [0.05, 0.1) is 0 Å². The first kappa shape index (κ1) is 14.3. The molecule has 3 nitrogen and oxygen atoms in total. The molecule has 2 heterocycles. The van der Waals surface area contributed by atoms with Crippen molar-refractivity contribution in [3.8, 4) is 0 Å². The summed E-state index contributed by atoms with van der Waals surface area (Å²) in [7, 11) is 0. The van der Waals surface area contributed by atoms with Crippen LogP contribution in [0.3, 0.4) is 0 Å². The summed E-state index contributed by atoms with van der Waals surface area (Å²) in [5.74, 6) is 0.876. The minimum absolute atomic E-state index is 0.876. The number of rotatable bonds is 5. The van der Waals surface area contributed by atoms with E-state index in [1.807, 2.05) is 6.20 Å². The second-order valence-electron chi connectivity index (χ2n) is 5.80. The van der Waals surface area contributed by atoms with E-state index < -0.39 is 0 Å². The largest absolute Gasteiger partial charge is 0.371 e. The summed E-state index contributed by atoms with van der Waals surface area (Å²) in [6.45, 7) is 11.0. The minimum atomic E-state index is 0.876. The summed E-state index contributed by atoms with van der Waals surface area (Å²) >= 11 is 0. The molecule has 0 saturated carbocycles. The molecule has 0 spiro atoms. The lowest BCUT2D eigenvalue weighted by molar-refractivity contribution is 0.437. The van der Waals surface area contributed by atoms with Gasteiger partial charge in [0.2, 0.25) is 0 Å².